The van der Waals surface area contributed by atoms with E-state index in [0.717, 1.165) is 22.3 Å². The summed E-state index contributed by atoms with van der Waals surface area (Å²) in [5, 5.41) is 0.583. The monoisotopic (exact) mass is 450 g/mol. The van der Waals surface area contributed by atoms with Crippen LogP contribution in [0.2, 0.25) is 5.02 Å². The summed E-state index contributed by atoms with van der Waals surface area (Å²) in [6.07, 6.45) is 5.77. The van der Waals surface area contributed by atoms with Gasteiger partial charge in [-0.05, 0) is 41.8 Å². The molecule has 2 aromatic carbocycles. The molecule has 1 unspecified atom stereocenters. The zero-order valence-electron chi connectivity index (χ0n) is 17.8. The lowest BCUT2D eigenvalue weighted by atomic mass is 9.85. The van der Waals surface area contributed by atoms with Gasteiger partial charge in [-0.1, -0.05) is 54.1 Å². The molecule has 2 heterocycles. The first-order valence-electron chi connectivity index (χ1n) is 10.5. The van der Waals surface area contributed by atoms with E-state index in [9.17, 15) is 9.18 Å². The standard InChI is InChI=1S/C26H24ClFN2O2/c1-3-12-26(22-8-10-24(28)11-9-22)13-14-30(25(31)32-26)18(2)19-4-6-20(7-5-19)21-15-23(27)17-29-16-21/h3-11,15-18H,1,12-14H2,2H3/t18-,26?/m0/s1. The molecule has 0 N–H and O–H groups in total. The Morgan fingerprint density at radius 3 is 2.53 bits per heavy atom. The minimum atomic E-state index is -0.827. The van der Waals surface area contributed by atoms with Crippen molar-refractivity contribution in [2.24, 2.45) is 0 Å². The molecule has 3 aromatic rings. The quantitative estimate of drug-likeness (QED) is 0.383. The van der Waals surface area contributed by atoms with Crippen molar-refractivity contribution in [3.05, 3.63) is 102 Å². The highest BCUT2D eigenvalue weighted by molar-refractivity contribution is 6.30. The molecule has 1 aromatic heterocycles. The minimum absolute atomic E-state index is 0.163. The molecule has 0 spiro atoms. The number of carbonyl (C=O) groups excluding carboxylic acids is 1. The number of nitrogens with zero attached hydrogens (tertiary/aromatic N) is 2. The second-order valence-electron chi connectivity index (χ2n) is 8.00. The Balaban J connectivity index is 1.52. The maximum absolute atomic E-state index is 13.4. The first kappa shape index (κ1) is 22.0. The van der Waals surface area contributed by atoms with Crippen LogP contribution >= 0.6 is 11.6 Å². The number of rotatable bonds is 6. The van der Waals surface area contributed by atoms with Crippen molar-refractivity contribution in [2.45, 2.75) is 31.4 Å². The van der Waals surface area contributed by atoms with Gasteiger partial charge >= 0.3 is 6.09 Å². The molecule has 32 heavy (non-hydrogen) atoms. The van der Waals surface area contributed by atoms with Gasteiger partial charge in [-0.25, -0.2) is 9.18 Å². The van der Waals surface area contributed by atoms with Crippen LogP contribution in [-0.2, 0) is 10.3 Å². The van der Waals surface area contributed by atoms with Gasteiger partial charge in [0.2, 0.25) is 0 Å². The van der Waals surface area contributed by atoms with E-state index in [1.807, 2.05) is 37.3 Å². The summed E-state index contributed by atoms with van der Waals surface area (Å²) < 4.78 is 19.4. The highest BCUT2D eigenvalue weighted by atomic mass is 35.5. The van der Waals surface area contributed by atoms with E-state index in [0.29, 0.717) is 24.4 Å². The van der Waals surface area contributed by atoms with Crippen molar-refractivity contribution in [1.29, 1.82) is 0 Å². The van der Waals surface area contributed by atoms with Crippen LogP contribution in [0.4, 0.5) is 9.18 Å². The Hall–Kier alpha value is -3.18. The molecule has 0 aliphatic carbocycles. The van der Waals surface area contributed by atoms with E-state index < -0.39 is 11.7 Å². The zero-order valence-corrected chi connectivity index (χ0v) is 18.6. The number of pyridine rings is 1. The minimum Gasteiger partial charge on any atom is -0.437 e. The van der Waals surface area contributed by atoms with Crippen LogP contribution in [0.15, 0.2) is 79.6 Å². The molecule has 0 bridgehead atoms. The molecule has 2 atom stereocenters. The summed E-state index contributed by atoms with van der Waals surface area (Å²) >= 11 is 6.05. The van der Waals surface area contributed by atoms with Gasteiger partial charge in [0, 0.05) is 37.3 Å². The third-order valence-corrected chi connectivity index (χ3v) is 6.22. The van der Waals surface area contributed by atoms with Gasteiger partial charge in [0.25, 0.3) is 0 Å². The molecule has 1 fully saturated rings. The fraction of sp³-hybridized carbons (Fsp3) is 0.231. The molecule has 1 amide bonds. The van der Waals surface area contributed by atoms with Gasteiger partial charge in [-0.3, -0.25) is 4.98 Å². The summed E-state index contributed by atoms with van der Waals surface area (Å²) in [7, 11) is 0. The third-order valence-electron chi connectivity index (χ3n) is 6.02. The Morgan fingerprint density at radius 2 is 1.91 bits per heavy atom. The van der Waals surface area contributed by atoms with Gasteiger partial charge in [0.15, 0.2) is 0 Å². The van der Waals surface area contributed by atoms with Gasteiger partial charge in [-0.15, -0.1) is 6.58 Å². The number of carbonyl (C=O) groups is 1. The fourth-order valence-electron chi connectivity index (χ4n) is 4.18. The lowest BCUT2D eigenvalue weighted by Crippen LogP contribution is -2.48. The van der Waals surface area contributed by atoms with Crippen LogP contribution < -0.4 is 0 Å². The van der Waals surface area contributed by atoms with Crippen molar-refractivity contribution in [2.75, 3.05) is 6.54 Å². The van der Waals surface area contributed by atoms with E-state index in [-0.39, 0.29) is 11.9 Å². The molecular formula is C26H24ClFN2O2. The van der Waals surface area contributed by atoms with E-state index in [1.54, 1.807) is 35.5 Å². The topological polar surface area (TPSA) is 42.4 Å². The summed E-state index contributed by atoms with van der Waals surface area (Å²) in [5.74, 6) is -0.322. The number of hydrogen-bond acceptors (Lipinski definition) is 3. The molecule has 1 aliphatic rings. The van der Waals surface area contributed by atoms with Crippen LogP contribution in [-0.4, -0.2) is 22.5 Å². The Kier molecular flexibility index (Phi) is 6.28. The summed E-state index contributed by atoms with van der Waals surface area (Å²) in [6.45, 7) is 6.32. The molecule has 6 heteroatoms. The Labute approximate surface area is 192 Å². The third kappa shape index (κ3) is 4.39. The number of cyclic esters (lactones) is 1. The lowest BCUT2D eigenvalue weighted by molar-refractivity contribution is -0.0588. The van der Waals surface area contributed by atoms with Gasteiger partial charge in [0.05, 0.1) is 11.1 Å². The molecule has 0 saturated carbocycles. The predicted molar refractivity (Wildman–Crippen MR) is 124 cm³/mol. The lowest BCUT2D eigenvalue weighted by Gasteiger charge is -2.43. The second kappa shape index (κ2) is 9.13. The largest absolute Gasteiger partial charge is 0.437 e. The molecular weight excluding hydrogens is 427 g/mol. The molecule has 1 aliphatic heterocycles. The van der Waals surface area contributed by atoms with Crippen molar-refractivity contribution < 1.29 is 13.9 Å². The normalized spacial score (nSPS) is 19.3. The number of hydrogen-bond donors (Lipinski definition) is 0. The van der Waals surface area contributed by atoms with Crippen molar-refractivity contribution >= 4 is 17.7 Å². The number of halogens is 2. The van der Waals surface area contributed by atoms with E-state index in [4.69, 9.17) is 16.3 Å². The average molecular weight is 451 g/mol. The first-order chi connectivity index (χ1) is 15.4. The van der Waals surface area contributed by atoms with Crippen LogP contribution in [0.25, 0.3) is 11.1 Å². The number of amides is 1. The maximum atomic E-state index is 13.4. The highest BCUT2D eigenvalue weighted by Gasteiger charge is 2.42. The van der Waals surface area contributed by atoms with Crippen molar-refractivity contribution in [3.8, 4) is 11.1 Å². The van der Waals surface area contributed by atoms with Crippen LogP contribution in [0.5, 0.6) is 0 Å². The number of aromatic nitrogens is 1. The van der Waals surface area contributed by atoms with Crippen LogP contribution in [0.3, 0.4) is 0 Å². The summed E-state index contributed by atoms with van der Waals surface area (Å²) in [6, 6.07) is 15.8. The Bertz CT molecular complexity index is 1120. The second-order valence-corrected chi connectivity index (χ2v) is 8.43. The fourth-order valence-corrected chi connectivity index (χ4v) is 4.35. The van der Waals surface area contributed by atoms with E-state index in [1.165, 1.54) is 12.1 Å². The van der Waals surface area contributed by atoms with Gasteiger partial charge in [-0.2, -0.15) is 0 Å². The summed E-state index contributed by atoms with van der Waals surface area (Å²) in [4.78, 5) is 18.9. The molecule has 4 nitrogen and oxygen atoms in total. The van der Waals surface area contributed by atoms with Gasteiger partial charge in [0.1, 0.15) is 11.4 Å². The van der Waals surface area contributed by atoms with Crippen molar-refractivity contribution in [1.82, 2.24) is 9.88 Å². The predicted octanol–water partition coefficient (Wildman–Crippen LogP) is 6.92. The Morgan fingerprint density at radius 1 is 1.19 bits per heavy atom. The van der Waals surface area contributed by atoms with Gasteiger partial charge < -0.3 is 9.64 Å². The number of ether oxygens (including phenoxy) is 1. The maximum Gasteiger partial charge on any atom is 0.411 e. The molecule has 4 rings (SSSR count). The average Bonchev–Trinajstić information content (AvgIpc) is 2.79. The van der Waals surface area contributed by atoms with Crippen LogP contribution in [0, 0.1) is 5.82 Å². The SMILES string of the molecule is C=CCC1(c2ccc(F)cc2)CCN([C@@H](C)c2ccc(-c3cncc(Cl)c3)cc2)C(=O)O1. The number of benzene rings is 2. The van der Waals surface area contributed by atoms with E-state index in [2.05, 4.69) is 11.6 Å². The first-order valence-corrected chi connectivity index (χ1v) is 10.9. The van der Waals surface area contributed by atoms with Crippen molar-refractivity contribution in [3.63, 3.8) is 0 Å². The summed E-state index contributed by atoms with van der Waals surface area (Å²) in [5.41, 5.74) is 2.88. The highest BCUT2D eigenvalue weighted by Crippen LogP contribution is 2.40. The van der Waals surface area contributed by atoms with Crippen LogP contribution in [0.1, 0.15) is 36.9 Å². The molecule has 164 valence electrons. The molecule has 0 radical (unpaired) electrons. The van der Waals surface area contributed by atoms with E-state index >= 15 is 0 Å². The smallest absolute Gasteiger partial charge is 0.411 e. The zero-order chi connectivity index (χ0) is 22.7. The molecule has 1 saturated heterocycles.